The summed E-state index contributed by atoms with van der Waals surface area (Å²) in [5.74, 6) is 0.868. The van der Waals surface area contributed by atoms with Crippen LogP contribution < -0.4 is 4.74 Å². The molecule has 8 bridgehead atoms. The van der Waals surface area contributed by atoms with Crippen molar-refractivity contribution < 1.29 is 4.74 Å². The van der Waals surface area contributed by atoms with E-state index in [1.54, 1.807) is 0 Å². The van der Waals surface area contributed by atoms with E-state index in [1.165, 1.54) is 62.5 Å². The Morgan fingerprint density at radius 2 is 0.667 bits per heavy atom. The average Bonchev–Trinajstić information content (AvgIpc) is 4.33. The van der Waals surface area contributed by atoms with Crippen LogP contribution >= 0.6 is 0 Å². The van der Waals surface area contributed by atoms with Gasteiger partial charge in [-0.2, -0.15) is 0 Å². The Kier molecular flexibility index (Phi) is 15.4. The van der Waals surface area contributed by atoms with Gasteiger partial charge in [0.05, 0.1) is 52.2 Å². The summed E-state index contributed by atoms with van der Waals surface area (Å²) in [7, 11) is 0. The first kappa shape index (κ1) is 48.8. The second kappa shape index (κ2) is 23.6. The summed E-state index contributed by atoms with van der Waals surface area (Å²) in [6.45, 7) is 5.06. The molecule has 372 valence electrons. The van der Waals surface area contributed by atoms with Crippen LogP contribution in [-0.2, 0) is 0 Å². The zero-order chi connectivity index (χ0) is 50.6. The van der Waals surface area contributed by atoms with Gasteiger partial charge in [-0.05, 0) is 138 Å². The van der Waals surface area contributed by atoms with Crippen LogP contribution in [0.4, 0.5) is 0 Å². The van der Waals surface area contributed by atoms with Gasteiger partial charge in [-0.25, -0.2) is 20.0 Å². The second-order valence-electron chi connectivity index (χ2n) is 19.7. The first-order valence-corrected chi connectivity index (χ1v) is 27.1. The van der Waals surface area contributed by atoms with Gasteiger partial charge in [0.1, 0.15) is 5.75 Å². The highest BCUT2D eigenvalue weighted by atomic mass is 16.5. The van der Waals surface area contributed by atoms with Crippen LogP contribution in [0.2, 0.25) is 0 Å². The molecule has 0 unspecified atom stereocenters. The van der Waals surface area contributed by atoms with E-state index in [9.17, 15) is 0 Å². The summed E-state index contributed by atoms with van der Waals surface area (Å²) < 4.78 is 6.34. The number of hydrogen-bond donors (Lipinski definition) is 0. The van der Waals surface area contributed by atoms with Gasteiger partial charge in [0.2, 0.25) is 0 Å². The maximum absolute atomic E-state index is 6.34. The number of hydrogen-bond acceptors (Lipinski definition) is 7. The Hall–Kier alpha value is -8.42. The largest absolute Gasteiger partial charge is 0.494 e. The molecule has 0 aliphatic carbocycles. The van der Waals surface area contributed by atoms with Crippen molar-refractivity contribution in [3.05, 3.63) is 269 Å². The monoisotopic (exact) mass is 981 g/mol. The Balaban J connectivity index is 0.748. The van der Waals surface area contributed by atoms with Crippen LogP contribution in [0.15, 0.2) is 267 Å². The van der Waals surface area contributed by atoms with Gasteiger partial charge in [0.15, 0.2) is 0 Å². The quantitative estimate of drug-likeness (QED) is 0.0880. The molecule has 4 aromatic carbocycles. The summed E-state index contributed by atoms with van der Waals surface area (Å²) in [6, 6.07) is 39.8. The topological polar surface area (TPSA) is 65.2 Å². The van der Waals surface area contributed by atoms with Crippen LogP contribution in [-0.4, -0.2) is 52.3 Å². The third-order valence-electron chi connectivity index (χ3n) is 14.4. The lowest BCUT2D eigenvalue weighted by molar-refractivity contribution is 0.304. The predicted molar refractivity (Wildman–Crippen MR) is 314 cm³/mol. The molecule has 7 nitrogen and oxygen atoms in total. The average molecular weight is 981 g/mol. The lowest BCUT2D eigenvalue weighted by atomic mass is 9.98. The van der Waals surface area contributed by atoms with E-state index in [2.05, 4.69) is 211 Å². The second-order valence-corrected chi connectivity index (χ2v) is 19.7. The first-order valence-electron chi connectivity index (χ1n) is 27.1. The fourth-order valence-corrected chi connectivity index (χ4v) is 10.5. The smallest absolute Gasteiger partial charge is 0.119 e. The van der Waals surface area contributed by atoms with Crippen LogP contribution in [0.25, 0.3) is 22.3 Å². The molecule has 0 N–H and O–H groups in total. The van der Waals surface area contributed by atoms with Gasteiger partial charge < -0.3 is 14.5 Å². The minimum Gasteiger partial charge on any atom is -0.494 e. The SMILES string of the molecule is CCCN1C=CC(=C2C=CN(CCCCCCCCCCCOc3ccc(C4=C5C=CC(=N5)C(c5ccccc5)=C5C=CC(=N5)C(c5ccccc5)=C5C=CC(=N5)C(c5ccccc5)=C5C=CC4=N5)cc3)C=C2)C=C1. The van der Waals surface area contributed by atoms with Gasteiger partial charge in [-0.15, -0.1) is 0 Å². The van der Waals surface area contributed by atoms with E-state index in [1.807, 2.05) is 18.2 Å². The standard InChI is InChI=1S/C68H64N6O/c1-2-43-73-45-39-50(40-46-73)51-41-47-74(48-42-51)44-19-8-6-4-3-5-7-9-20-49-75-56-29-27-55(28-30-56)68-63-37-35-61(71-63)66(53-23-15-11-16-24-53)59-33-31-57(69-59)65(52-21-13-10-14-22-52)58-32-34-60(70-58)67(54-25-17-12-18-26-54)62-36-38-64(68)72-62/h10-18,21-42,45-48H,2-9,19-20,43-44,49H2,1H3. The van der Waals surface area contributed by atoms with Gasteiger partial charge >= 0.3 is 0 Å². The summed E-state index contributed by atoms with van der Waals surface area (Å²) in [4.78, 5) is 26.2. The lowest BCUT2D eigenvalue weighted by Crippen LogP contribution is -2.14. The molecule has 0 fully saturated rings. The number of allylic oxidation sites excluding steroid dienone is 18. The third kappa shape index (κ3) is 11.5. The highest BCUT2D eigenvalue weighted by molar-refractivity contribution is 6.39. The highest BCUT2D eigenvalue weighted by Crippen LogP contribution is 2.39. The summed E-state index contributed by atoms with van der Waals surface area (Å²) >= 11 is 0. The Morgan fingerprint density at radius 1 is 0.333 bits per heavy atom. The normalized spacial score (nSPS) is 17.4. The maximum Gasteiger partial charge on any atom is 0.119 e. The van der Waals surface area contributed by atoms with E-state index in [4.69, 9.17) is 24.7 Å². The van der Waals surface area contributed by atoms with Crippen LogP contribution in [0.1, 0.15) is 93.4 Å². The number of rotatable bonds is 19. The van der Waals surface area contributed by atoms with E-state index < -0.39 is 0 Å². The van der Waals surface area contributed by atoms with Crippen molar-refractivity contribution in [1.29, 1.82) is 0 Å². The van der Waals surface area contributed by atoms with Crippen LogP contribution in [0.3, 0.4) is 0 Å². The molecule has 11 rings (SSSR count). The fraction of sp³-hybridized carbons (Fsp3) is 0.206. The number of ether oxygens (including phenoxy) is 1. The molecule has 0 atom stereocenters. The molecule has 0 spiro atoms. The summed E-state index contributed by atoms with van der Waals surface area (Å²) in [6.07, 6.45) is 47.0. The molecule has 7 aliphatic rings. The molecule has 75 heavy (non-hydrogen) atoms. The van der Waals surface area contributed by atoms with Crippen molar-refractivity contribution >= 4 is 45.1 Å². The van der Waals surface area contributed by atoms with E-state index >= 15 is 0 Å². The third-order valence-corrected chi connectivity index (χ3v) is 14.4. The zero-order valence-electron chi connectivity index (χ0n) is 43.0. The molecule has 0 amide bonds. The van der Waals surface area contributed by atoms with E-state index in [-0.39, 0.29) is 0 Å². The number of unbranched alkanes of at least 4 members (excludes halogenated alkanes) is 8. The Bertz CT molecular complexity index is 3270. The molecule has 7 heteroatoms. The molecule has 7 heterocycles. The van der Waals surface area contributed by atoms with Gasteiger partial charge in [0, 0.05) is 60.2 Å². The number of benzene rings is 4. The molecule has 7 aliphatic heterocycles. The molecule has 0 saturated heterocycles. The van der Waals surface area contributed by atoms with E-state index in [0.717, 1.165) is 122 Å². The Labute approximate surface area is 443 Å². The minimum atomic E-state index is 0.705. The number of fused-ring (bicyclic) bond motifs is 4. The summed E-state index contributed by atoms with van der Waals surface area (Å²) in [5.41, 5.74) is 17.3. The van der Waals surface area contributed by atoms with Crippen LogP contribution in [0.5, 0.6) is 5.75 Å². The minimum absolute atomic E-state index is 0.705. The lowest BCUT2D eigenvalue weighted by Gasteiger charge is -2.21. The molecular weight excluding hydrogens is 917 g/mol. The Morgan fingerprint density at radius 3 is 1.04 bits per heavy atom. The predicted octanol–water partition coefficient (Wildman–Crippen LogP) is 16.0. The van der Waals surface area contributed by atoms with E-state index in [0.29, 0.717) is 6.61 Å². The van der Waals surface area contributed by atoms with Crippen molar-refractivity contribution in [2.24, 2.45) is 20.0 Å². The molecule has 0 saturated carbocycles. The summed E-state index contributed by atoms with van der Waals surface area (Å²) in [5, 5.41) is 0. The fourth-order valence-electron chi connectivity index (χ4n) is 10.5. The molecule has 4 aromatic rings. The van der Waals surface area contributed by atoms with Gasteiger partial charge in [0.25, 0.3) is 0 Å². The first-order chi connectivity index (χ1) is 37.1. The van der Waals surface area contributed by atoms with Crippen molar-refractivity contribution in [1.82, 2.24) is 9.80 Å². The van der Waals surface area contributed by atoms with Crippen molar-refractivity contribution in [3.63, 3.8) is 0 Å². The van der Waals surface area contributed by atoms with Crippen molar-refractivity contribution in [2.75, 3.05) is 19.7 Å². The van der Waals surface area contributed by atoms with Gasteiger partial charge in [-0.1, -0.05) is 155 Å². The molecular formula is C68H64N6O. The highest BCUT2D eigenvalue weighted by Gasteiger charge is 2.27. The number of aliphatic imine (C=N–C) groups is 4. The van der Waals surface area contributed by atoms with Gasteiger partial charge in [-0.3, -0.25) is 0 Å². The molecule has 0 aromatic heterocycles. The van der Waals surface area contributed by atoms with Crippen LogP contribution in [0, 0.1) is 0 Å². The van der Waals surface area contributed by atoms with Crippen molar-refractivity contribution in [2.45, 2.75) is 71.1 Å². The zero-order valence-corrected chi connectivity index (χ0v) is 43.0. The number of nitrogens with zero attached hydrogens (tertiary/aromatic N) is 6. The van der Waals surface area contributed by atoms with Crippen molar-refractivity contribution in [3.8, 4) is 5.75 Å². The molecule has 0 radical (unpaired) electrons. The maximum atomic E-state index is 6.34.